The lowest BCUT2D eigenvalue weighted by atomic mass is 10.0. The summed E-state index contributed by atoms with van der Waals surface area (Å²) in [5.41, 5.74) is 6.58. The Bertz CT molecular complexity index is 393. The highest BCUT2D eigenvalue weighted by atomic mass is 19.4. The average Bonchev–Trinajstić information content (AvgIpc) is 2.25. The quantitative estimate of drug-likeness (QED) is 0.864. The summed E-state index contributed by atoms with van der Waals surface area (Å²) in [7, 11) is 0. The predicted octanol–water partition coefficient (Wildman–Crippen LogP) is 2.90. The minimum absolute atomic E-state index is 0.168. The number of hydrogen-bond donors (Lipinski definition) is 1. The van der Waals surface area contributed by atoms with Gasteiger partial charge in [-0.25, -0.2) is 0 Å². The van der Waals surface area contributed by atoms with Crippen LogP contribution < -0.4 is 5.73 Å². The van der Waals surface area contributed by atoms with Crippen molar-refractivity contribution >= 4 is 0 Å². The molecule has 0 saturated carbocycles. The molecule has 0 aromatic heterocycles. The van der Waals surface area contributed by atoms with Crippen LogP contribution in [0.5, 0.6) is 0 Å². The van der Waals surface area contributed by atoms with Crippen LogP contribution in [-0.2, 0) is 0 Å². The van der Waals surface area contributed by atoms with Crippen LogP contribution in [0.2, 0.25) is 0 Å². The molecule has 1 rings (SSSR count). The maximum absolute atomic E-state index is 12.0. The second kappa shape index (κ2) is 4.99. The van der Waals surface area contributed by atoms with Gasteiger partial charge in [-0.2, -0.15) is 18.4 Å². The number of nitriles is 1. The number of halogens is 3. The third-order valence-corrected chi connectivity index (χ3v) is 2.18. The van der Waals surface area contributed by atoms with E-state index in [4.69, 9.17) is 11.0 Å². The maximum Gasteiger partial charge on any atom is 0.389 e. The lowest BCUT2D eigenvalue weighted by Crippen LogP contribution is -2.15. The summed E-state index contributed by atoms with van der Waals surface area (Å²) in [5.74, 6) is 0. The molecule has 1 atom stereocenters. The summed E-state index contributed by atoms with van der Waals surface area (Å²) in [6, 6.07) is 7.57. The first-order valence-electron chi connectivity index (χ1n) is 4.75. The molecule has 5 heteroatoms. The normalized spacial score (nSPS) is 13.2. The summed E-state index contributed by atoms with van der Waals surface area (Å²) in [6.45, 7) is 0. The lowest BCUT2D eigenvalue weighted by Gasteiger charge is -2.13. The van der Waals surface area contributed by atoms with E-state index in [-0.39, 0.29) is 6.42 Å². The molecule has 0 radical (unpaired) electrons. The van der Waals surface area contributed by atoms with Gasteiger partial charge in [-0.1, -0.05) is 12.1 Å². The average molecular weight is 228 g/mol. The highest BCUT2D eigenvalue weighted by Gasteiger charge is 2.27. The number of nitrogens with zero attached hydrogens (tertiary/aromatic N) is 1. The zero-order valence-corrected chi connectivity index (χ0v) is 8.46. The van der Waals surface area contributed by atoms with Crippen molar-refractivity contribution in [3.8, 4) is 6.07 Å². The van der Waals surface area contributed by atoms with E-state index in [9.17, 15) is 13.2 Å². The van der Waals surface area contributed by atoms with Gasteiger partial charge in [0.15, 0.2) is 0 Å². The monoisotopic (exact) mass is 228 g/mol. The van der Waals surface area contributed by atoms with Gasteiger partial charge in [-0.15, -0.1) is 0 Å². The SMILES string of the molecule is N#Cc1cccc([C@H](N)CCC(F)(F)F)c1. The second-order valence-corrected chi connectivity index (χ2v) is 3.50. The van der Waals surface area contributed by atoms with Gasteiger partial charge in [-0.05, 0) is 24.1 Å². The number of nitrogens with two attached hydrogens (primary N) is 1. The Morgan fingerprint density at radius 3 is 2.62 bits per heavy atom. The molecule has 0 bridgehead atoms. The Labute approximate surface area is 91.5 Å². The second-order valence-electron chi connectivity index (χ2n) is 3.50. The van der Waals surface area contributed by atoms with E-state index in [2.05, 4.69) is 0 Å². The molecule has 0 aliphatic carbocycles. The van der Waals surface area contributed by atoms with Gasteiger partial charge in [0.05, 0.1) is 11.6 Å². The van der Waals surface area contributed by atoms with E-state index in [1.807, 2.05) is 6.07 Å². The van der Waals surface area contributed by atoms with Crippen molar-refractivity contribution in [1.82, 2.24) is 0 Å². The molecular formula is C11H11F3N2. The maximum atomic E-state index is 12.0. The fraction of sp³-hybridized carbons (Fsp3) is 0.364. The Balaban J connectivity index is 2.66. The van der Waals surface area contributed by atoms with Gasteiger partial charge in [0.1, 0.15) is 0 Å². The Morgan fingerprint density at radius 1 is 1.38 bits per heavy atom. The summed E-state index contributed by atoms with van der Waals surface area (Å²) >= 11 is 0. The van der Waals surface area contributed by atoms with Gasteiger partial charge in [-0.3, -0.25) is 0 Å². The molecule has 0 amide bonds. The molecule has 0 aliphatic rings. The first-order chi connectivity index (χ1) is 7.42. The van der Waals surface area contributed by atoms with Crippen LogP contribution in [0.25, 0.3) is 0 Å². The van der Waals surface area contributed by atoms with Crippen molar-refractivity contribution < 1.29 is 13.2 Å². The van der Waals surface area contributed by atoms with E-state index in [0.717, 1.165) is 0 Å². The molecule has 0 saturated heterocycles. The molecule has 1 aromatic rings. The highest BCUT2D eigenvalue weighted by molar-refractivity contribution is 5.34. The van der Waals surface area contributed by atoms with Crippen LogP contribution in [0.1, 0.15) is 30.0 Å². The molecule has 2 nitrogen and oxygen atoms in total. The third-order valence-electron chi connectivity index (χ3n) is 2.18. The Hall–Kier alpha value is -1.54. The first kappa shape index (κ1) is 12.5. The standard InChI is InChI=1S/C11H11F3N2/c12-11(13,14)5-4-10(16)9-3-1-2-8(6-9)7-15/h1-3,6,10H,4-5,16H2/t10-/m1/s1. The van der Waals surface area contributed by atoms with Crippen LogP contribution in [0.15, 0.2) is 24.3 Å². The molecule has 0 fully saturated rings. The summed E-state index contributed by atoms with van der Waals surface area (Å²) in [4.78, 5) is 0. The molecule has 0 aliphatic heterocycles. The molecule has 0 spiro atoms. The summed E-state index contributed by atoms with van der Waals surface area (Å²) in [6.07, 6.45) is -5.27. The fourth-order valence-corrected chi connectivity index (χ4v) is 1.32. The van der Waals surface area contributed by atoms with Gasteiger partial charge < -0.3 is 5.73 Å². The van der Waals surface area contributed by atoms with E-state index >= 15 is 0 Å². The number of benzene rings is 1. The minimum Gasteiger partial charge on any atom is -0.324 e. The van der Waals surface area contributed by atoms with Crippen LogP contribution >= 0.6 is 0 Å². The highest BCUT2D eigenvalue weighted by Crippen LogP contribution is 2.26. The molecule has 86 valence electrons. The molecule has 2 N–H and O–H groups in total. The van der Waals surface area contributed by atoms with Crippen molar-refractivity contribution in [1.29, 1.82) is 5.26 Å². The van der Waals surface area contributed by atoms with Gasteiger partial charge in [0.2, 0.25) is 0 Å². The van der Waals surface area contributed by atoms with Crippen LogP contribution in [0.3, 0.4) is 0 Å². The van der Waals surface area contributed by atoms with Gasteiger partial charge >= 0.3 is 6.18 Å². The summed E-state index contributed by atoms with van der Waals surface area (Å²) in [5, 5.41) is 8.63. The third kappa shape index (κ3) is 3.91. The molecule has 0 unspecified atom stereocenters. The zero-order chi connectivity index (χ0) is 12.2. The van der Waals surface area contributed by atoms with E-state index in [1.54, 1.807) is 18.2 Å². The van der Waals surface area contributed by atoms with Crippen molar-refractivity contribution in [3.05, 3.63) is 35.4 Å². The fourth-order valence-electron chi connectivity index (χ4n) is 1.32. The summed E-state index contributed by atoms with van der Waals surface area (Å²) < 4.78 is 35.9. The van der Waals surface area contributed by atoms with Crippen LogP contribution in [-0.4, -0.2) is 6.18 Å². The van der Waals surface area contributed by atoms with E-state index in [1.165, 1.54) is 6.07 Å². The minimum atomic E-state index is -4.19. The van der Waals surface area contributed by atoms with Crippen molar-refractivity contribution in [2.45, 2.75) is 25.1 Å². The Morgan fingerprint density at radius 2 is 2.06 bits per heavy atom. The van der Waals surface area contributed by atoms with Gasteiger partial charge in [0.25, 0.3) is 0 Å². The molecule has 16 heavy (non-hydrogen) atoms. The molecule has 1 aromatic carbocycles. The number of alkyl halides is 3. The molecule has 0 heterocycles. The van der Waals surface area contributed by atoms with E-state index < -0.39 is 18.6 Å². The topological polar surface area (TPSA) is 49.8 Å². The van der Waals surface area contributed by atoms with Crippen LogP contribution in [0.4, 0.5) is 13.2 Å². The zero-order valence-electron chi connectivity index (χ0n) is 8.46. The van der Waals surface area contributed by atoms with Crippen molar-refractivity contribution in [2.24, 2.45) is 5.73 Å². The predicted molar refractivity (Wildman–Crippen MR) is 53.4 cm³/mol. The first-order valence-corrected chi connectivity index (χ1v) is 4.75. The lowest BCUT2D eigenvalue weighted by molar-refractivity contribution is -0.136. The van der Waals surface area contributed by atoms with Gasteiger partial charge in [0, 0.05) is 12.5 Å². The van der Waals surface area contributed by atoms with E-state index in [0.29, 0.717) is 11.1 Å². The Kier molecular flexibility index (Phi) is 3.91. The molecular weight excluding hydrogens is 217 g/mol. The largest absolute Gasteiger partial charge is 0.389 e. The van der Waals surface area contributed by atoms with Crippen molar-refractivity contribution in [2.75, 3.05) is 0 Å². The van der Waals surface area contributed by atoms with Crippen LogP contribution in [0, 0.1) is 11.3 Å². The smallest absolute Gasteiger partial charge is 0.324 e. The number of rotatable bonds is 3. The number of hydrogen-bond acceptors (Lipinski definition) is 2. The van der Waals surface area contributed by atoms with Crippen molar-refractivity contribution in [3.63, 3.8) is 0 Å².